The number of phenols is 1. The number of phenolic OH excluding ortho intramolecular Hbond substituents is 1. The van der Waals surface area contributed by atoms with E-state index in [2.05, 4.69) is 26.3 Å². The minimum Gasteiger partial charge on any atom is -0.508 e. The number of amides is 7. The van der Waals surface area contributed by atoms with Crippen LogP contribution in [0, 0.1) is 5.92 Å². The summed E-state index contributed by atoms with van der Waals surface area (Å²) in [6.45, 7) is 3.78. The van der Waals surface area contributed by atoms with Crippen LogP contribution < -0.4 is 38.5 Å². The van der Waals surface area contributed by atoms with E-state index in [-0.39, 0.29) is 63.3 Å². The summed E-state index contributed by atoms with van der Waals surface area (Å²) in [4.78, 5) is 90.0. The molecule has 0 unspecified atom stereocenters. The zero-order valence-corrected chi connectivity index (χ0v) is 33.4. The lowest BCUT2D eigenvalue weighted by Crippen LogP contribution is -2.60. The second kappa shape index (κ2) is 20.7. The number of carbonyl (C=O) groups is 6. The van der Waals surface area contributed by atoms with Gasteiger partial charge >= 0.3 is 6.03 Å². The fourth-order valence-electron chi connectivity index (χ4n) is 7.15. The van der Waals surface area contributed by atoms with Gasteiger partial charge < -0.3 is 53.4 Å². The standard InChI is InChI=1S/C41H56N10O7/c1-24(2)34-37(55)48-31(22-25-14-17-29(52)18-15-25)35(53)47-30(11-7-19-45-40(42)43)38(56)50(3)33(12-8-20-46-41(44)58)36(54)49-32(39(57)51(34)4)23-26-13-16-27-9-5-6-10-28(27)21-26/h5-6,9-10,13-18,21,24,30-34,52H,7-8,11-12,19-20,22-23H2,1-4H3,(H,47,53)(H,48,55)(H,49,54)(H4,42,43,45)(H3,44,46,58)/t30-,31+,32-,33-,34-/m0/s1. The van der Waals surface area contributed by atoms with Gasteiger partial charge in [0.25, 0.3) is 0 Å². The van der Waals surface area contributed by atoms with Crippen LogP contribution in [0.25, 0.3) is 10.8 Å². The van der Waals surface area contributed by atoms with Crippen molar-refractivity contribution in [2.75, 3.05) is 27.2 Å². The summed E-state index contributed by atoms with van der Waals surface area (Å²) in [5, 5.41) is 22.8. The maximum absolute atomic E-state index is 14.6. The van der Waals surface area contributed by atoms with Crippen molar-refractivity contribution in [3.05, 3.63) is 77.9 Å². The first kappa shape index (κ1) is 44.3. The summed E-state index contributed by atoms with van der Waals surface area (Å²) in [7, 11) is 2.91. The first-order chi connectivity index (χ1) is 27.5. The summed E-state index contributed by atoms with van der Waals surface area (Å²) in [5.74, 6) is -3.74. The molecule has 7 amide bonds. The van der Waals surface area contributed by atoms with E-state index in [1.807, 2.05) is 42.5 Å². The largest absolute Gasteiger partial charge is 0.508 e. The van der Waals surface area contributed by atoms with Crippen LogP contribution in [0.5, 0.6) is 5.75 Å². The Morgan fingerprint density at radius 2 is 1.34 bits per heavy atom. The SMILES string of the molecule is CC(C)[C@H]1C(=O)N[C@H](Cc2ccc(O)cc2)C(=O)N[C@@H](CCCN=C(N)N)C(=O)N(C)[C@@H](CCCNC(N)=O)C(=O)N[C@@H](Cc2ccc3ccccc3c2)C(=O)N1C. The predicted octanol–water partition coefficient (Wildman–Crippen LogP) is 0.611. The van der Waals surface area contributed by atoms with Gasteiger partial charge in [0.15, 0.2) is 5.96 Å². The molecule has 17 nitrogen and oxygen atoms in total. The molecule has 3 aromatic carbocycles. The molecule has 4 rings (SSSR count). The molecule has 17 heteroatoms. The fourth-order valence-corrected chi connectivity index (χ4v) is 7.15. The number of hydrogen-bond acceptors (Lipinski definition) is 8. The number of primary amides is 1. The maximum Gasteiger partial charge on any atom is 0.312 e. The molecule has 312 valence electrons. The number of nitrogens with one attached hydrogen (secondary N) is 4. The summed E-state index contributed by atoms with van der Waals surface area (Å²) in [5.41, 5.74) is 17.7. The lowest BCUT2D eigenvalue weighted by atomic mass is 9.97. The highest BCUT2D eigenvalue weighted by Crippen LogP contribution is 2.21. The van der Waals surface area contributed by atoms with Crippen LogP contribution in [0.2, 0.25) is 0 Å². The number of nitrogens with zero attached hydrogens (tertiary/aromatic N) is 3. The lowest BCUT2D eigenvalue weighted by molar-refractivity contribution is -0.145. The van der Waals surface area contributed by atoms with Gasteiger partial charge in [0.1, 0.15) is 36.0 Å². The fraction of sp³-hybridized carbons (Fsp3) is 0.439. The molecular formula is C41H56N10O7. The molecule has 0 bridgehead atoms. The predicted molar refractivity (Wildman–Crippen MR) is 220 cm³/mol. The van der Waals surface area contributed by atoms with Crippen LogP contribution in [0.4, 0.5) is 4.79 Å². The highest BCUT2D eigenvalue weighted by molar-refractivity contribution is 5.98. The number of urea groups is 1. The van der Waals surface area contributed by atoms with Crippen molar-refractivity contribution < 1.29 is 33.9 Å². The second-order valence-corrected chi connectivity index (χ2v) is 14.9. The molecule has 1 heterocycles. The van der Waals surface area contributed by atoms with Crippen LogP contribution in [0.15, 0.2) is 71.7 Å². The van der Waals surface area contributed by atoms with Crippen molar-refractivity contribution in [1.82, 2.24) is 31.1 Å². The Kier molecular flexibility index (Phi) is 15.8. The van der Waals surface area contributed by atoms with Gasteiger partial charge in [-0.05, 0) is 65.6 Å². The smallest absolute Gasteiger partial charge is 0.312 e. The van der Waals surface area contributed by atoms with Gasteiger partial charge in [-0.25, -0.2) is 4.79 Å². The van der Waals surface area contributed by atoms with Gasteiger partial charge in [0.2, 0.25) is 29.5 Å². The van der Waals surface area contributed by atoms with Crippen molar-refractivity contribution in [2.24, 2.45) is 28.1 Å². The molecule has 11 N–H and O–H groups in total. The minimum atomic E-state index is -1.23. The molecule has 1 fully saturated rings. The molecular weight excluding hydrogens is 745 g/mol. The number of guanidine groups is 1. The number of hydrogen-bond donors (Lipinski definition) is 8. The Morgan fingerprint density at radius 1 is 0.741 bits per heavy atom. The average Bonchev–Trinajstić information content (AvgIpc) is 3.17. The van der Waals surface area contributed by atoms with E-state index in [0.29, 0.717) is 5.56 Å². The number of aliphatic imine (C=N–C) groups is 1. The molecule has 5 atom stereocenters. The summed E-state index contributed by atoms with van der Waals surface area (Å²) in [6.07, 6.45) is 0.630. The lowest BCUT2D eigenvalue weighted by Gasteiger charge is -2.35. The third-order valence-corrected chi connectivity index (χ3v) is 10.2. The second-order valence-electron chi connectivity index (χ2n) is 14.9. The first-order valence-corrected chi connectivity index (χ1v) is 19.3. The summed E-state index contributed by atoms with van der Waals surface area (Å²) in [6, 6.07) is 12.9. The Labute approximate surface area is 338 Å². The van der Waals surface area contributed by atoms with Crippen molar-refractivity contribution in [3.63, 3.8) is 0 Å². The monoisotopic (exact) mass is 800 g/mol. The normalized spacial score (nSPS) is 21.1. The van der Waals surface area contributed by atoms with E-state index >= 15 is 0 Å². The Balaban J connectivity index is 1.82. The van der Waals surface area contributed by atoms with Gasteiger partial charge in [-0.3, -0.25) is 29.0 Å². The Morgan fingerprint density at radius 3 is 2.00 bits per heavy atom. The van der Waals surface area contributed by atoms with E-state index in [0.717, 1.165) is 16.3 Å². The number of nitrogens with two attached hydrogens (primary N) is 3. The van der Waals surface area contributed by atoms with E-state index in [1.165, 1.54) is 36.0 Å². The number of aromatic hydroxyl groups is 1. The number of likely N-dealkylation sites (N-methyl/N-ethyl adjacent to an activating group) is 2. The average molecular weight is 801 g/mol. The molecule has 1 aliphatic rings. The molecule has 0 saturated carbocycles. The van der Waals surface area contributed by atoms with Gasteiger partial charge in [0.05, 0.1) is 0 Å². The van der Waals surface area contributed by atoms with E-state index in [9.17, 15) is 33.9 Å². The van der Waals surface area contributed by atoms with Crippen LogP contribution >= 0.6 is 0 Å². The van der Waals surface area contributed by atoms with Crippen molar-refractivity contribution in [3.8, 4) is 5.75 Å². The molecule has 58 heavy (non-hydrogen) atoms. The van der Waals surface area contributed by atoms with E-state index in [1.54, 1.807) is 26.0 Å². The molecule has 0 radical (unpaired) electrons. The van der Waals surface area contributed by atoms with Gasteiger partial charge in [-0.15, -0.1) is 0 Å². The first-order valence-electron chi connectivity index (χ1n) is 19.3. The number of rotatable bonds is 13. The van der Waals surface area contributed by atoms with Crippen LogP contribution in [-0.4, -0.2) is 114 Å². The third-order valence-electron chi connectivity index (χ3n) is 10.2. The van der Waals surface area contributed by atoms with E-state index in [4.69, 9.17) is 17.2 Å². The minimum absolute atomic E-state index is 0.00940. The zero-order chi connectivity index (χ0) is 42.5. The van der Waals surface area contributed by atoms with Crippen LogP contribution in [-0.2, 0) is 36.8 Å². The molecule has 0 aliphatic carbocycles. The highest BCUT2D eigenvalue weighted by atomic mass is 16.3. The van der Waals surface area contributed by atoms with Crippen molar-refractivity contribution in [1.29, 1.82) is 0 Å². The van der Waals surface area contributed by atoms with Crippen LogP contribution in [0.3, 0.4) is 0 Å². The number of benzene rings is 3. The zero-order valence-electron chi connectivity index (χ0n) is 33.4. The van der Waals surface area contributed by atoms with Gasteiger partial charge in [0, 0.05) is 40.0 Å². The summed E-state index contributed by atoms with van der Waals surface area (Å²) < 4.78 is 0. The van der Waals surface area contributed by atoms with Crippen molar-refractivity contribution in [2.45, 2.75) is 82.6 Å². The summed E-state index contributed by atoms with van der Waals surface area (Å²) >= 11 is 0. The highest BCUT2D eigenvalue weighted by Gasteiger charge is 2.39. The van der Waals surface area contributed by atoms with E-state index < -0.39 is 71.7 Å². The molecule has 1 saturated heterocycles. The molecule has 1 aliphatic heterocycles. The van der Waals surface area contributed by atoms with Gasteiger partial charge in [-0.1, -0.05) is 68.4 Å². The Hall–Kier alpha value is -6.39. The molecule has 3 aromatic rings. The molecule has 0 aromatic heterocycles. The third kappa shape index (κ3) is 12.3. The van der Waals surface area contributed by atoms with Crippen LogP contribution in [0.1, 0.15) is 50.7 Å². The number of fused-ring (bicyclic) bond motifs is 1. The maximum atomic E-state index is 14.6. The topological polar surface area (TPSA) is 268 Å². The van der Waals surface area contributed by atoms with Crippen molar-refractivity contribution >= 4 is 52.3 Å². The molecule has 0 spiro atoms. The Bertz CT molecular complexity index is 1970. The van der Waals surface area contributed by atoms with Gasteiger partial charge in [-0.2, -0.15) is 0 Å². The number of carbonyl (C=O) groups excluding carboxylic acids is 6. The quantitative estimate of drug-likeness (QED) is 0.0683.